The lowest BCUT2D eigenvalue weighted by molar-refractivity contribution is 0.541. The molecule has 0 radical (unpaired) electrons. The minimum absolute atomic E-state index is 0.619. The summed E-state index contributed by atoms with van der Waals surface area (Å²) >= 11 is 0. The van der Waals surface area contributed by atoms with Gasteiger partial charge in [-0.3, -0.25) is 9.97 Å². The van der Waals surface area contributed by atoms with E-state index in [0.717, 1.165) is 34.7 Å². The summed E-state index contributed by atoms with van der Waals surface area (Å²) in [5, 5.41) is 0. The molecule has 1 aliphatic rings. The molecule has 0 saturated heterocycles. The lowest BCUT2D eigenvalue weighted by atomic mass is 9.86. The molecule has 2 heteroatoms. The average molecular weight is 342 g/mol. The van der Waals surface area contributed by atoms with Crippen LogP contribution in [0.4, 0.5) is 0 Å². The predicted molar refractivity (Wildman–Crippen MR) is 108 cm³/mol. The van der Waals surface area contributed by atoms with E-state index in [2.05, 4.69) is 62.2 Å². The van der Waals surface area contributed by atoms with Crippen molar-refractivity contribution in [1.29, 1.82) is 0 Å². The molecule has 0 spiro atoms. The van der Waals surface area contributed by atoms with Gasteiger partial charge in [-0.25, -0.2) is 0 Å². The van der Waals surface area contributed by atoms with Crippen LogP contribution in [0.3, 0.4) is 0 Å². The van der Waals surface area contributed by atoms with E-state index >= 15 is 0 Å². The third kappa shape index (κ3) is 3.05. The normalized spacial score (nSPS) is 22.8. The molecule has 0 amide bonds. The number of aromatic nitrogens is 2. The Morgan fingerprint density at radius 2 is 1.62 bits per heavy atom. The van der Waals surface area contributed by atoms with Crippen LogP contribution in [0.1, 0.15) is 38.7 Å². The van der Waals surface area contributed by atoms with Gasteiger partial charge in [-0.05, 0) is 59.9 Å². The van der Waals surface area contributed by atoms with Crippen LogP contribution in [0.15, 0.2) is 67.0 Å². The lowest BCUT2D eigenvalue weighted by Gasteiger charge is -2.19. The van der Waals surface area contributed by atoms with Crippen molar-refractivity contribution in [2.45, 2.75) is 33.1 Å². The monoisotopic (exact) mass is 342 g/mol. The summed E-state index contributed by atoms with van der Waals surface area (Å²) in [6, 6.07) is 19.0. The van der Waals surface area contributed by atoms with Gasteiger partial charge in [0.15, 0.2) is 0 Å². The Balaban J connectivity index is 1.68. The first-order chi connectivity index (χ1) is 12.7. The maximum Gasteiger partial charge on any atom is 0.0717 e. The fourth-order valence-corrected chi connectivity index (χ4v) is 4.43. The quantitative estimate of drug-likeness (QED) is 0.551. The zero-order valence-electron chi connectivity index (χ0n) is 15.8. The fraction of sp³-hybridized carbons (Fsp3) is 0.333. The van der Waals surface area contributed by atoms with E-state index in [0.29, 0.717) is 5.92 Å². The van der Waals surface area contributed by atoms with E-state index in [1.54, 1.807) is 0 Å². The number of hydrogen-bond acceptors (Lipinski definition) is 2. The summed E-state index contributed by atoms with van der Waals surface area (Å²) in [6.07, 6.45) is 4.95. The number of rotatable bonds is 5. The van der Waals surface area contributed by atoms with Gasteiger partial charge >= 0.3 is 0 Å². The van der Waals surface area contributed by atoms with Crippen molar-refractivity contribution >= 4 is 0 Å². The highest BCUT2D eigenvalue weighted by Gasteiger charge is 2.47. The highest BCUT2D eigenvalue weighted by Crippen LogP contribution is 2.55. The van der Waals surface area contributed by atoms with Crippen LogP contribution < -0.4 is 0 Å². The van der Waals surface area contributed by atoms with Crippen LogP contribution in [-0.2, 0) is 0 Å². The molecule has 132 valence electrons. The van der Waals surface area contributed by atoms with Gasteiger partial charge in [0.05, 0.1) is 11.4 Å². The Labute approximate surface area is 156 Å². The highest BCUT2D eigenvalue weighted by molar-refractivity contribution is 5.67. The zero-order chi connectivity index (χ0) is 18.1. The second kappa shape index (κ2) is 7.03. The smallest absolute Gasteiger partial charge is 0.0717 e. The molecule has 26 heavy (non-hydrogen) atoms. The van der Waals surface area contributed by atoms with Gasteiger partial charge in [-0.1, -0.05) is 51.1 Å². The second-order valence-electron chi connectivity index (χ2n) is 7.54. The summed E-state index contributed by atoms with van der Waals surface area (Å²) in [5.74, 6) is 3.07. The van der Waals surface area contributed by atoms with E-state index in [1.807, 2.05) is 30.6 Å². The molecule has 3 unspecified atom stereocenters. The molecule has 4 rings (SSSR count). The van der Waals surface area contributed by atoms with Crippen LogP contribution in [-0.4, -0.2) is 9.97 Å². The molecule has 0 aliphatic heterocycles. The lowest BCUT2D eigenvalue weighted by Crippen LogP contribution is -2.04. The maximum atomic E-state index is 4.78. The van der Waals surface area contributed by atoms with Crippen molar-refractivity contribution in [3.63, 3.8) is 0 Å². The molecule has 3 aromatic rings. The summed E-state index contributed by atoms with van der Waals surface area (Å²) in [4.78, 5) is 9.20. The number of benzene rings is 1. The molecular formula is C24H26N2. The maximum absolute atomic E-state index is 4.78. The molecule has 0 N–H and O–H groups in total. The molecule has 2 aromatic heterocycles. The van der Waals surface area contributed by atoms with E-state index < -0.39 is 0 Å². The van der Waals surface area contributed by atoms with E-state index in [4.69, 9.17) is 4.98 Å². The van der Waals surface area contributed by atoms with Gasteiger partial charge in [0.1, 0.15) is 0 Å². The molecular weight excluding hydrogens is 316 g/mol. The van der Waals surface area contributed by atoms with Gasteiger partial charge in [-0.15, -0.1) is 0 Å². The minimum Gasteiger partial charge on any atom is -0.256 e. The van der Waals surface area contributed by atoms with Gasteiger partial charge in [-0.2, -0.15) is 0 Å². The van der Waals surface area contributed by atoms with Gasteiger partial charge in [0, 0.05) is 23.5 Å². The summed E-state index contributed by atoms with van der Waals surface area (Å²) < 4.78 is 0. The zero-order valence-corrected chi connectivity index (χ0v) is 15.8. The van der Waals surface area contributed by atoms with Crippen molar-refractivity contribution in [3.8, 4) is 22.5 Å². The summed E-state index contributed by atoms with van der Waals surface area (Å²) in [6.45, 7) is 7.10. The average Bonchev–Trinajstić information content (AvgIpc) is 3.29. The fourth-order valence-electron chi connectivity index (χ4n) is 4.43. The van der Waals surface area contributed by atoms with Gasteiger partial charge < -0.3 is 0 Å². The number of hydrogen-bond donors (Lipinski definition) is 0. The largest absolute Gasteiger partial charge is 0.256 e. The second-order valence-corrected chi connectivity index (χ2v) is 7.54. The highest BCUT2D eigenvalue weighted by atomic mass is 14.7. The Bertz CT molecular complexity index is 862. The van der Waals surface area contributed by atoms with E-state index in [1.165, 1.54) is 17.5 Å². The van der Waals surface area contributed by atoms with Crippen molar-refractivity contribution in [1.82, 2.24) is 9.97 Å². The molecule has 0 bridgehead atoms. The van der Waals surface area contributed by atoms with Gasteiger partial charge in [0.2, 0.25) is 0 Å². The molecule has 1 saturated carbocycles. The standard InChI is InChI=1S/C24H26N2/c1-4-19(24-16(2)17(24)3)20-9-5-6-10-21(20)23-13-12-18(15-26-23)22-11-7-8-14-25-22/h5-17,19,24H,4H2,1-3H3. The first-order valence-corrected chi connectivity index (χ1v) is 9.67. The molecule has 1 aliphatic carbocycles. The van der Waals surface area contributed by atoms with Crippen molar-refractivity contribution < 1.29 is 0 Å². The molecule has 2 nitrogen and oxygen atoms in total. The molecule has 1 fully saturated rings. The van der Waals surface area contributed by atoms with Crippen molar-refractivity contribution in [2.75, 3.05) is 0 Å². The third-order valence-electron chi connectivity index (χ3n) is 6.17. The molecule has 2 heterocycles. The Morgan fingerprint density at radius 1 is 0.846 bits per heavy atom. The molecule has 1 aromatic carbocycles. The summed E-state index contributed by atoms with van der Waals surface area (Å²) in [5.41, 5.74) is 5.81. The van der Waals surface area contributed by atoms with Crippen LogP contribution in [0.2, 0.25) is 0 Å². The van der Waals surface area contributed by atoms with Crippen LogP contribution in [0.5, 0.6) is 0 Å². The van der Waals surface area contributed by atoms with E-state index in [-0.39, 0.29) is 0 Å². The first kappa shape index (κ1) is 17.0. The van der Waals surface area contributed by atoms with Crippen LogP contribution in [0.25, 0.3) is 22.5 Å². The number of pyridine rings is 2. The first-order valence-electron chi connectivity index (χ1n) is 9.67. The van der Waals surface area contributed by atoms with E-state index in [9.17, 15) is 0 Å². The topological polar surface area (TPSA) is 25.8 Å². The van der Waals surface area contributed by atoms with Crippen LogP contribution in [0, 0.1) is 17.8 Å². The Hall–Kier alpha value is -2.48. The SMILES string of the molecule is CCC(c1ccccc1-c1ccc(-c2ccccn2)cn1)C1C(C)C1C. The van der Waals surface area contributed by atoms with Crippen molar-refractivity contribution in [2.24, 2.45) is 17.8 Å². The molecule has 3 atom stereocenters. The van der Waals surface area contributed by atoms with Crippen LogP contribution >= 0.6 is 0 Å². The Morgan fingerprint density at radius 3 is 2.23 bits per heavy atom. The predicted octanol–water partition coefficient (Wildman–Crippen LogP) is 6.21. The third-order valence-corrected chi connectivity index (χ3v) is 6.17. The Kier molecular flexibility index (Phi) is 4.58. The minimum atomic E-state index is 0.619. The van der Waals surface area contributed by atoms with Gasteiger partial charge in [0.25, 0.3) is 0 Å². The number of nitrogens with zero attached hydrogens (tertiary/aromatic N) is 2. The van der Waals surface area contributed by atoms with Crippen molar-refractivity contribution in [3.05, 3.63) is 72.6 Å². The summed E-state index contributed by atoms with van der Waals surface area (Å²) in [7, 11) is 0.